The summed E-state index contributed by atoms with van der Waals surface area (Å²) in [5.74, 6) is -2.78. The van der Waals surface area contributed by atoms with Crippen LogP contribution in [-0.2, 0) is 25.5 Å². The number of carboxylic acid groups (broad SMARTS) is 1. The van der Waals surface area contributed by atoms with Crippen molar-refractivity contribution in [3.8, 4) is 17.0 Å². The average molecular weight is 895 g/mol. The number of aromatic carboxylic acids is 1. The first-order valence-corrected chi connectivity index (χ1v) is 22.0. The summed E-state index contributed by atoms with van der Waals surface area (Å²) >= 11 is 0. The molecule has 1 fully saturated rings. The van der Waals surface area contributed by atoms with Gasteiger partial charge in [0.15, 0.2) is 5.69 Å². The van der Waals surface area contributed by atoms with Gasteiger partial charge in [-0.05, 0) is 98.5 Å². The van der Waals surface area contributed by atoms with Crippen LogP contribution in [-0.4, -0.2) is 107 Å². The molecule has 66 heavy (non-hydrogen) atoms. The summed E-state index contributed by atoms with van der Waals surface area (Å²) in [6, 6.07) is 27.1. The number of ether oxygens (including phenoxy) is 3. The summed E-state index contributed by atoms with van der Waals surface area (Å²) in [6.45, 7) is 6.35. The van der Waals surface area contributed by atoms with E-state index in [0.717, 1.165) is 43.8 Å². The zero-order chi connectivity index (χ0) is 46.3. The first-order valence-electron chi connectivity index (χ1n) is 22.0. The molecular weight excluding hydrogens is 845 g/mol. The number of amides is 5. The van der Waals surface area contributed by atoms with Gasteiger partial charge in [-0.1, -0.05) is 48.5 Å². The van der Waals surface area contributed by atoms with E-state index in [1.165, 1.54) is 0 Å². The third-order valence-electron chi connectivity index (χ3n) is 11.7. The van der Waals surface area contributed by atoms with Gasteiger partial charge in [-0.15, -0.1) is 0 Å². The van der Waals surface area contributed by atoms with Crippen LogP contribution in [0.4, 0.5) is 5.69 Å². The number of nitrogens with one attached hydrogen (secondary N) is 3. The number of carboxylic acids is 1. The molecule has 1 unspecified atom stereocenters. The molecule has 0 spiro atoms. The Morgan fingerprint density at radius 1 is 0.803 bits per heavy atom. The second-order valence-corrected chi connectivity index (χ2v) is 16.2. The zero-order valence-corrected chi connectivity index (χ0v) is 36.7. The molecule has 4 aromatic carbocycles. The minimum atomic E-state index is -1.10. The van der Waals surface area contributed by atoms with Crippen molar-refractivity contribution in [3.63, 3.8) is 0 Å². The number of pyridine rings is 1. The predicted octanol–water partition coefficient (Wildman–Crippen LogP) is 6.15. The van der Waals surface area contributed by atoms with Crippen LogP contribution in [0.1, 0.15) is 83.9 Å². The van der Waals surface area contributed by atoms with Crippen LogP contribution >= 0.6 is 0 Å². The Morgan fingerprint density at radius 2 is 1.55 bits per heavy atom. The van der Waals surface area contributed by atoms with Crippen molar-refractivity contribution in [1.29, 1.82) is 0 Å². The Labute approximate surface area is 380 Å². The lowest BCUT2D eigenvalue weighted by Gasteiger charge is -2.27. The molecule has 1 saturated heterocycles. The standard InChI is InChI=1S/C50H50N6O10/c1-30-28-33(29-31(2)43(30)39-17-7-16-38-35(45(50(62)63)54-56(38)39)14-8-24-66-41-18-5-11-32-10-3-4-12-34(32)41)46(58)52-21-9-23-64-26-27-65-25-22-51-37-15-6-13-36-44(37)49(61)55(48(36)60)40-19-20-42(57)53-47(40)59/h3-7,10-13,15-18,28-29,40,51H,8-9,14,19-27H2,1-2H3,(H,52,58)(H,62,63)(H,53,57,59). The number of rotatable bonds is 20. The van der Waals surface area contributed by atoms with Crippen LogP contribution in [0.25, 0.3) is 27.5 Å². The van der Waals surface area contributed by atoms with Crippen molar-refractivity contribution in [3.05, 3.63) is 130 Å². The fourth-order valence-corrected chi connectivity index (χ4v) is 8.70. The quantitative estimate of drug-likeness (QED) is 0.0503. The second kappa shape index (κ2) is 20.2. The number of nitrogens with zero attached hydrogens (tertiary/aromatic N) is 3. The van der Waals surface area contributed by atoms with E-state index in [9.17, 15) is 33.9 Å². The van der Waals surface area contributed by atoms with Crippen molar-refractivity contribution in [2.45, 2.75) is 52.0 Å². The molecule has 2 aliphatic rings. The molecule has 6 aromatic rings. The predicted molar refractivity (Wildman–Crippen MR) is 245 cm³/mol. The summed E-state index contributed by atoms with van der Waals surface area (Å²) in [6.07, 6.45) is 1.75. The van der Waals surface area contributed by atoms with Gasteiger partial charge in [0, 0.05) is 53.9 Å². The molecule has 4 N–H and O–H groups in total. The Bertz CT molecular complexity index is 2840. The molecule has 0 saturated carbocycles. The number of fused-ring (bicyclic) bond motifs is 3. The smallest absolute Gasteiger partial charge is 0.356 e. The third-order valence-corrected chi connectivity index (χ3v) is 11.7. The van der Waals surface area contributed by atoms with Gasteiger partial charge >= 0.3 is 5.97 Å². The second-order valence-electron chi connectivity index (χ2n) is 16.2. The van der Waals surface area contributed by atoms with Gasteiger partial charge in [-0.2, -0.15) is 5.10 Å². The molecule has 0 bridgehead atoms. The first kappa shape index (κ1) is 45.1. The molecule has 4 heterocycles. The zero-order valence-electron chi connectivity index (χ0n) is 36.7. The number of benzene rings is 4. The van der Waals surface area contributed by atoms with Crippen molar-refractivity contribution in [2.24, 2.45) is 0 Å². The van der Waals surface area contributed by atoms with Gasteiger partial charge in [0.05, 0.1) is 48.8 Å². The van der Waals surface area contributed by atoms with Gasteiger partial charge in [-0.3, -0.25) is 34.2 Å². The van der Waals surface area contributed by atoms with Crippen LogP contribution in [0, 0.1) is 13.8 Å². The SMILES string of the molecule is Cc1cc(C(=O)NCCCOCCOCCNc2cccc3c2C(=O)N(C2CCC(=O)NC2=O)C3=O)cc(C)c1-c1cccc2c(CCCOc3cccc4ccccc34)c(C(=O)O)nn12. The van der Waals surface area contributed by atoms with Crippen LogP contribution < -0.4 is 20.7 Å². The number of hydrogen-bond donors (Lipinski definition) is 4. The number of carbonyl (C=O) groups excluding carboxylic acids is 5. The van der Waals surface area contributed by atoms with Crippen molar-refractivity contribution < 1.29 is 48.1 Å². The van der Waals surface area contributed by atoms with Crippen LogP contribution in [0.15, 0.2) is 91.0 Å². The maximum Gasteiger partial charge on any atom is 0.356 e. The third kappa shape index (κ3) is 9.50. The number of aryl methyl sites for hydroxylation is 3. The maximum atomic E-state index is 13.3. The lowest BCUT2D eigenvalue weighted by atomic mass is 9.96. The molecule has 16 nitrogen and oxygen atoms in total. The highest BCUT2D eigenvalue weighted by Gasteiger charge is 2.45. The van der Waals surface area contributed by atoms with E-state index < -0.39 is 35.6 Å². The lowest BCUT2D eigenvalue weighted by Crippen LogP contribution is -2.54. The molecule has 16 heteroatoms. The van der Waals surface area contributed by atoms with E-state index in [4.69, 9.17) is 14.2 Å². The normalized spacial score (nSPS) is 14.8. The van der Waals surface area contributed by atoms with Crippen LogP contribution in [0.5, 0.6) is 5.75 Å². The Morgan fingerprint density at radius 3 is 2.33 bits per heavy atom. The largest absolute Gasteiger partial charge is 0.493 e. The van der Waals surface area contributed by atoms with Gasteiger partial charge in [0.1, 0.15) is 11.8 Å². The van der Waals surface area contributed by atoms with E-state index in [-0.39, 0.29) is 35.6 Å². The molecule has 2 aromatic heterocycles. The molecule has 2 aliphatic heterocycles. The van der Waals surface area contributed by atoms with Gasteiger partial charge in [-0.25, -0.2) is 9.31 Å². The first-order chi connectivity index (χ1) is 32.0. The summed E-state index contributed by atoms with van der Waals surface area (Å²) in [5.41, 5.74) is 5.95. The summed E-state index contributed by atoms with van der Waals surface area (Å²) in [7, 11) is 0. The summed E-state index contributed by atoms with van der Waals surface area (Å²) in [5, 5.41) is 25.2. The van der Waals surface area contributed by atoms with E-state index in [1.807, 2.05) is 86.6 Å². The van der Waals surface area contributed by atoms with Gasteiger partial charge in [0.2, 0.25) is 11.8 Å². The van der Waals surface area contributed by atoms with Crippen LogP contribution in [0.3, 0.4) is 0 Å². The fraction of sp³-hybridized carbons (Fsp3) is 0.300. The molecular formula is C50H50N6O10. The van der Waals surface area contributed by atoms with E-state index in [1.54, 1.807) is 22.7 Å². The molecule has 1 atom stereocenters. The van der Waals surface area contributed by atoms with Crippen molar-refractivity contribution in [2.75, 3.05) is 51.4 Å². The highest BCUT2D eigenvalue weighted by Crippen LogP contribution is 2.34. The number of imide groups is 2. The highest BCUT2D eigenvalue weighted by atomic mass is 16.5. The maximum absolute atomic E-state index is 13.3. The van der Waals surface area contributed by atoms with E-state index in [0.29, 0.717) is 87.7 Å². The molecule has 0 aliphatic carbocycles. The molecule has 5 amide bonds. The number of hydrogen-bond acceptors (Lipinski definition) is 11. The fourth-order valence-electron chi connectivity index (χ4n) is 8.70. The lowest BCUT2D eigenvalue weighted by molar-refractivity contribution is -0.136. The molecule has 8 rings (SSSR count). The Kier molecular flexibility index (Phi) is 13.8. The monoisotopic (exact) mass is 894 g/mol. The molecule has 0 radical (unpaired) electrons. The highest BCUT2D eigenvalue weighted by molar-refractivity contribution is 6.25. The van der Waals surface area contributed by atoms with E-state index in [2.05, 4.69) is 21.0 Å². The minimum absolute atomic E-state index is 0.00163. The average Bonchev–Trinajstić information content (AvgIpc) is 3.81. The number of anilines is 1. The Hall–Kier alpha value is -7.43. The van der Waals surface area contributed by atoms with Crippen molar-refractivity contribution >= 4 is 57.5 Å². The minimum Gasteiger partial charge on any atom is -0.493 e. The van der Waals surface area contributed by atoms with Crippen molar-refractivity contribution in [1.82, 2.24) is 25.1 Å². The Balaban J connectivity index is 0.773. The van der Waals surface area contributed by atoms with Crippen LogP contribution in [0.2, 0.25) is 0 Å². The molecule has 340 valence electrons. The number of aromatic nitrogens is 2. The van der Waals surface area contributed by atoms with Gasteiger partial charge < -0.3 is 30.0 Å². The number of piperidine rings is 1. The topological polar surface area (TPSA) is 207 Å². The number of carbonyl (C=O) groups is 6. The summed E-state index contributed by atoms with van der Waals surface area (Å²) < 4.78 is 19.2. The van der Waals surface area contributed by atoms with E-state index >= 15 is 0 Å². The van der Waals surface area contributed by atoms with Gasteiger partial charge in [0.25, 0.3) is 17.7 Å². The summed E-state index contributed by atoms with van der Waals surface area (Å²) in [4.78, 5) is 76.9.